The molecule has 0 radical (unpaired) electrons. The van der Waals surface area contributed by atoms with E-state index in [4.69, 9.17) is 0 Å². The van der Waals surface area contributed by atoms with Crippen molar-refractivity contribution >= 4 is 5.82 Å². The lowest BCUT2D eigenvalue weighted by molar-refractivity contribution is 0.190. The zero-order chi connectivity index (χ0) is 14.0. The predicted molar refractivity (Wildman–Crippen MR) is 81.7 cm³/mol. The van der Waals surface area contributed by atoms with Gasteiger partial charge in [0.05, 0.1) is 0 Å². The van der Waals surface area contributed by atoms with Gasteiger partial charge in [-0.05, 0) is 43.9 Å². The van der Waals surface area contributed by atoms with Gasteiger partial charge in [0.25, 0.3) is 0 Å². The number of hydrogen-bond donors (Lipinski definition) is 1. The summed E-state index contributed by atoms with van der Waals surface area (Å²) in [6.45, 7) is 10.1. The molecule has 0 amide bonds. The van der Waals surface area contributed by atoms with Gasteiger partial charge in [0, 0.05) is 24.8 Å². The van der Waals surface area contributed by atoms with Gasteiger partial charge < -0.3 is 10.2 Å². The van der Waals surface area contributed by atoms with Gasteiger partial charge in [-0.3, -0.25) is 0 Å². The van der Waals surface area contributed by atoms with E-state index in [9.17, 15) is 0 Å². The molecule has 2 unspecified atom stereocenters. The molecule has 3 nitrogen and oxygen atoms in total. The lowest BCUT2D eigenvalue weighted by Gasteiger charge is -2.35. The van der Waals surface area contributed by atoms with Gasteiger partial charge in [0.15, 0.2) is 0 Å². The van der Waals surface area contributed by atoms with E-state index in [1.54, 1.807) is 0 Å². The Balaban J connectivity index is 1.97. The molecule has 1 saturated heterocycles. The van der Waals surface area contributed by atoms with Gasteiger partial charge >= 0.3 is 0 Å². The molecule has 0 spiro atoms. The van der Waals surface area contributed by atoms with Crippen LogP contribution in [-0.2, 0) is 5.41 Å². The van der Waals surface area contributed by atoms with Crippen LogP contribution in [0.2, 0.25) is 0 Å². The Morgan fingerprint density at radius 2 is 2.05 bits per heavy atom. The Hall–Kier alpha value is -1.09. The maximum atomic E-state index is 4.56. The zero-order valence-corrected chi connectivity index (χ0v) is 12.9. The Morgan fingerprint density at radius 3 is 2.58 bits per heavy atom. The van der Waals surface area contributed by atoms with Crippen molar-refractivity contribution in [3.8, 4) is 0 Å². The lowest BCUT2D eigenvalue weighted by atomic mass is 9.88. The third-order valence-electron chi connectivity index (χ3n) is 4.19. The Morgan fingerprint density at radius 1 is 1.32 bits per heavy atom. The number of nitrogens with zero attached hydrogens (tertiary/aromatic N) is 2. The van der Waals surface area contributed by atoms with Crippen LogP contribution in [0, 0.1) is 0 Å². The Kier molecular flexibility index (Phi) is 4.14. The van der Waals surface area contributed by atoms with Crippen LogP contribution in [0.3, 0.4) is 0 Å². The molecule has 1 aliphatic heterocycles. The summed E-state index contributed by atoms with van der Waals surface area (Å²) in [7, 11) is 2.21. The number of hydrogen-bond acceptors (Lipinski definition) is 3. The van der Waals surface area contributed by atoms with Crippen molar-refractivity contribution in [2.75, 3.05) is 18.9 Å². The third kappa shape index (κ3) is 3.69. The molecule has 0 aromatic carbocycles. The minimum Gasteiger partial charge on any atom is -0.367 e. The molecular weight excluding hydrogens is 234 g/mol. The van der Waals surface area contributed by atoms with Crippen LogP contribution >= 0.6 is 0 Å². The van der Waals surface area contributed by atoms with Crippen LogP contribution in [-0.4, -0.2) is 35.6 Å². The second kappa shape index (κ2) is 5.49. The van der Waals surface area contributed by atoms with Crippen LogP contribution in [0.5, 0.6) is 0 Å². The third-order valence-corrected chi connectivity index (χ3v) is 4.19. The topological polar surface area (TPSA) is 28.2 Å². The maximum Gasteiger partial charge on any atom is 0.126 e. The fraction of sp³-hybridized carbons (Fsp3) is 0.688. The molecule has 3 heteroatoms. The molecule has 1 N–H and O–H groups in total. The van der Waals surface area contributed by atoms with E-state index in [1.165, 1.54) is 24.9 Å². The Bertz CT molecular complexity index is 405. The molecule has 106 valence electrons. The molecule has 0 aliphatic carbocycles. The number of likely N-dealkylation sites (tertiary alicyclic amines) is 1. The second-order valence-corrected chi connectivity index (χ2v) is 6.88. The van der Waals surface area contributed by atoms with Gasteiger partial charge in [0.2, 0.25) is 0 Å². The summed E-state index contributed by atoms with van der Waals surface area (Å²) in [5, 5.41) is 3.57. The summed E-state index contributed by atoms with van der Waals surface area (Å²) in [5.74, 6) is 1.01. The zero-order valence-electron chi connectivity index (χ0n) is 12.9. The normalized spacial score (nSPS) is 25.3. The molecule has 1 fully saturated rings. The van der Waals surface area contributed by atoms with Crippen LogP contribution in [0.25, 0.3) is 0 Å². The summed E-state index contributed by atoms with van der Waals surface area (Å²) in [5.41, 5.74) is 1.46. The van der Waals surface area contributed by atoms with Crippen LogP contribution in [0.1, 0.15) is 46.1 Å². The summed E-state index contributed by atoms with van der Waals surface area (Å²) >= 11 is 0. The van der Waals surface area contributed by atoms with Crippen molar-refractivity contribution in [2.45, 2.75) is 58.0 Å². The average Bonchev–Trinajstić information content (AvgIpc) is 2.33. The predicted octanol–water partition coefficient (Wildman–Crippen LogP) is 3.27. The smallest absolute Gasteiger partial charge is 0.126 e. The first-order valence-electron chi connectivity index (χ1n) is 7.29. The minimum absolute atomic E-state index is 0.174. The largest absolute Gasteiger partial charge is 0.367 e. The number of rotatable bonds is 2. The monoisotopic (exact) mass is 261 g/mol. The molecule has 2 atom stereocenters. The fourth-order valence-electron chi connectivity index (χ4n) is 2.55. The quantitative estimate of drug-likeness (QED) is 0.885. The molecule has 0 saturated carbocycles. The van der Waals surface area contributed by atoms with E-state index in [0.29, 0.717) is 12.1 Å². The SMILES string of the molecule is CC1CC(Nc2ccc(C(C)(C)C)cn2)CCN1C. The van der Waals surface area contributed by atoms with Gasteiger partial charge in [-0.2, -0.15) is 0 Å². The maximum absolute atomic E-state index is 4.56. The molecule has 1 aromatic heterocycles. The van der Waals surface area contributed by atoms with Gasteiger partial charge in [-0.1, -0.05) is 26.8 Å². The van der Waals surface area contributed by atoms with Crippen LogP contribution in [0.4, 0.5) is 5.82 Å². The van der Waals surface area contributed by atoms with E-state index >= 15 is 0 Å². The van der Waals surface area contributed by atoms with Crippen molar-refractivity contribution in [3.05, 3.63) is 23.9 Å². The van der Waals surface area contributed by atoms with Crippen molar-refractivity contribution < 1.29 is 0 Å². The van der Waals surface area contributed by atoms with E-state index in [1.807, 2.05) is 6.20 Å². The van der Waals surface area contributed by atoms with E-state index in [2.05, 4.69) is 62.1 Å². The van der Waals surface area contributed by atoms with Gasteiger partial charge in [-0.15, -0.1) is 0 Å². The molecule has 2 rings (SSSR count). The van der Waals surface area contributed by atoms with Crippen molar-refractivity contribution in [2.24, 2.45) is 0 Å². The van der Waals surface area contributed by atoms with Crippen molar-refractivity contribution in [1.29, 1.82) is 0 Å². The van der Waals surface area contributed by atoms with Crippen LogP contribution in [0.15, 0.2) is 18.3 Å². The van der Waals surface area contributed by atoms with Gasteiger partial charge in [-0.25, -0.2) is 4.98 Å². The molecule has 2 heterocycles. The standard InChI is InChI=1S/C16H27N3/c1-12-10-14(8-9-19(12)5)18-15-7-6-13(11-17-15)16(2,3)4/h6-7,11-12,14H,8-10H2,1-5H3,(H,17,18). The summed E-state index contributed by atoms with van der Waals surface area (Å²) in [4.78, 5) is 6.98. The van der Waals surface area contributed by atoms with Gasteiger partial charge in [0.1, 0.15) is 5.82 Å². The highest BCUT2D eigenvalue weighted by molar-refractivity contribution is 5.38. The summed E-state index contributed by atoms with van der Waals surface area (Å²) in [6, 6.07) is 5.51. The molecule has 1 aromatic rings. The van der Waals surface area contributed by atoms with E-state index in [0.717, 1.165) is 5.82 Å². The molecule has 0 bridgehead atoms. The highest BCUT2D eigenvalue weighted by atomic mass is 15.1. The number of anilines is 1. The first kappa shape index (κ1) is 14.3. The molecule has 1 aliphatic rings. The highest BCUT2D eigenvalue weighted by Gasteiger charge is 2.22. The van der Waals surface area contributed by atoms with E-state index < -0.39 is 0 Å². The molecular formula is C16H27N3. The van der Waals surface area contributed by atoms with E-state index in [-0.39, 0.29) is 5.41 Å². The molecule has 19 heavy (non-hydrogen) atoms. The average molecular weight is 261 g/mol. The van der Waals surface area contributed by atoms with Crippen molar-refractivity contribution in [1.82, 2.24) is 9.88 Å². The minimum atomic E-state index is 0.174. The highest BCUT2D eigenvalue weighted by Crippen LogP contribution is 2.23. The lowest BCUT2D eigenvalue weighted by Crippen LogP contribution is -2.42. The Labute approximate surface area is 117 Å². The van der Waals surface area contributed by atoms with Crippen molar-refractivity contribution in [3.63, 3.8) is 0 Å². The second-order valence-electron chi connectivity index (χ2n) is 6.88. The number of aromatic nitrogens is 1. The number of pyridine rings is 1. The van der Waals surface area contributed by atoms with Crippen LogP contribution < -0.4 is 5.32 Å². The first-order chi connectivity index (χ1) is 8.86. The summed E-state index contributed by atoms with van der Waals surface area (Å²) in [6.07, 6.45) is 4.39. The fourth-order valence-corrected chi connectivity index (χ4v) is 2.55. The first-order valence-corrected chi connectivity index (χ1v) is 7.29. The summed E-state index contributed by atoms with van der Waals surface area (Å²) < 4.78 is 0. The number of nitrogens with one attached hydrogen (secondary N) is 1. The number of piperidine rings is 1.